The summed E-state index contributed by atoms with van der Waals surface area (Å²) in [6.45, 7) is 0.206. The van der Waals surface area contributed by atoms with Crippen LogP contribution in [-0.2, 0) is 16.0 Å². The molecule has 2 N–H and O–H groups in total. The Labute approximate surface area is 105 Å². The van der Waals surface area contributed by atoms with E-state index in [1.807, 2.05) is 12.1 Å². The van der Waals surface area contributed by atoms with E-state index in [9.17, 15) is 9.59 Å². The molecule has 1 heterocycles. The highest BCUT2D eigenvalue weighted by molar-refractivity contribution is 5.99. The molecule has 2 rings (SSSR count). The molecule has 0 spiro atoms. The number of carbonyl (C=O) groups is 2. The minimum Gasteiger partial charge on any atom is -0.481 e. The molecule has 0 bridgehead atoms. The summed E-state index contributed by atoms with van der Waals surface area (Å²) < 4.78 is 0. The van der Waals surface area contributed by atoms with Gasteiger partial charge in [0.05, 0.1) is 5.92 Å². The van der Waals surface area contributed by atoms with Crippen LogP contribution in [0, 0.1) is 5.92 Å². The lowest BCUT2D eigenvalue weighted by Gasteiger charge is -2.19. The van der Waals surface area contributed by atoms with Crippen molar-refractivity contribution in [2.45, 2.75) is 12.8 Å². The van der Waals surface area contributed by atoms with Crippen molar-refractivity contribution in [2.24, 2.45) is 5.92 Å². The normalized spacial score (nSPS) is 19.3. The van der Waals surface area contributed by atoms with Crippen molar-refractivity contribution in [2.75, 3.05) is 18.1 Å². The lowest BCUT2D eigenvalue weighted by Crippen LogP contribution is -2.26. The third-order valence-corrected chi connectivity index (χ3v) is 3.14. The number of hydrogen-bond acceptors (Lipinski definition) is 3. The lowest BCUT2D eigenvalue weighted by molar-refractivity contribution is -0.141. The SMILES string of the molecule is O=C(O)C1CC(=O)N(c2ccccc2CCO)C1. The standard InChI is InChI=1S/C13H15NO4/c15-6-5-9-3-1-2-4-11(9)14-8-10(13(17)18)7-12(14)16/h1-4,10,15H,5-8H2,(H,17,18). The average Bonchev–Trinajstić information content (AvgIpc) is 2.73. The van der Waals surface area contributed by atoms with Crippen molar-refractivity contribution in [1.82, 2.24) is 0 Å². The van der Waals surface area contributed by atoms with Crippen LogP contribution < -0.4 is 4.90 Å². The van der Waals surface area contributed by atoms with Crippen LogP contribution in [0.2, 0.25) is 0 Å². The number of benzene rings is 1. The van der Waals surface area contributed by atoms with Crippen LogP contribution in [0.1, 0.15) is 12.0 Å². The minimum atomic E-state index is -0.939. The second kappa shape index (κ2) is 5.18. The van der Waals surface area contributed by atoms with Gasteiger partial charge in [0.25, 0.3) is 0 Å². The molecule has 1 atom stereocenters. The maximum Gasteiger partial charge on any atom is 0.308 e. The first-order valence-electron chi connectivity index (χ1n) is 5.85. The molecule has 1 aromatic carbocycles. The third-order valence-electron chi connectivity index (χ3n) is 3.14. The Morgan fingerprint density at radius 1 is 1.39 bits per heavy atom. The topological polar surface area (TPSA) is 77.8 Å². The third kappa shape index (κ3) is 2.36. The summed E-state index contributed by atoms with van der Waals surface area (Å²) in [5.74, 6) is -1.75. The van der Waals surface area contributed by atoms with Gasteiger partial charge in [-0.1, -0.05) is 18.2 Å². The van der Waals surface area contributed by atoms with Gasteiger partial charge in [-0.05, 0) is 18.1 Å². The number of amides is 1. The predicted molar refractivity (Wildman–Crippen MR) is 65.3 cm³/mol. The number of hydrogen-bond donors (Lipinski definition) is 2. The van der Waals surface area contributed by atoms with Crippen molar-refractivity contribution < 1.29 is 19.8 Å². The molecular weight excluding hydrogens is 234 g/mol. The number of aliphatic hydroxyl groups excluding tert-OH is 1. The maximum atomic E-state index is 11.8. The molecule has 1 aromatic rings. The molecule has 5 heteroatoms. The van der Waals surface area contributed by atoms with E-state index in [1.54, 1.807) is 12.1 Å². The fourth-order valence-corrected chi connectivity index (χ4v) is 2.21. The highest BCUT2D eigenvalue weighted by Crippen LogP contribution is 2.28. The fraction of sp³-hybridized carbons (Fsp3) is 0.385. The van der Waals surface area contributed by atoms with Crippen LogP contribution in [0.3, 0.4) is 0 Å². The van der Waals surface area contributed by atoms with Crippen LogP contribution >= 0.6 is 0 Å². The Bertz CT molecular complexity index is 472. The summed E-state index contributed by atoms with van der Waals surface area (Å²) in [6, 6.07) is 7.27. The smallest absolute Gasteiger partial charge is 0.308 e. The highest BCUT2D eigenvalue weighted by atomic mass is 16.4. The van der Waals surface area contributed by atoms with E-state index in [1.165, 1.54) is 4.90 Å². The first-order chi connectivity index (χ1) is 8.63. The zero-order valence-corrected chi connectivity index (χ0v) is 9.87. The molecule has 0 aromatic heterocycles. The van der Waals surface area contributed by atoms with Gasteiger partial charge in [-0.3, -0.25) is 9.59 Å². The maximum absolute atomic E-state index is 11.8. The number of aliphatic carboxylic acids is 1. The molecule has 1 saturated heterocycles. The Kier molecular flexibility index (Phi) is 3.62. The number of carboxylic acids is 1. The van der Waals surface area contributed by atoms with Crippen LogP contribution in [0.25, 0.3) is 0 Å². The van der Waals surface area contributed by atoms with Crippen molar-refractivity contribution in [3.63, 3.8) is 0 Å². The lowest BCUT2D eigenvalue weighted by atomic mass is 10.1. The average molecular weight is 249 g/mol. The van der Waals surface area contributed by atoms with E-state index in [2.05, 4.69) is 0 Å². The molecule has 1 unspecified atom stereocenters. The summed E-state index contributed by atoms with van der Waals surface area (Å²) in [4.78, 5) is 24.3. The zero-order chi connectivity index (χ0) is 13.1. The van der Waals surface area contributed by atoms with Gasteiger partial charge in [-0.15, -0.1) is 0 Å². The molecule has 18 heavy (non-hydrogen) atoms. The number of rotatable bonds is 4. The van der Waals surface area contributed by atoms with Crippen LogP contribution in [-0.4, -0.2) is 35.2 Å². The Morgan fingerprint density at radius 3 is 2.72 bits per heavy atom. The minimum absolute atomic E-state index is 0.00139. The van der Waals surface area contributed by atoms with E-state index in [4.69, 9.17) is 10.2 Å². The van der Waals surface area contributed by atoms with Gasteiger partial charge in [-0.25, -0.2) is 0 Å². The second-order valence-electron chi connectivity index (χ2n) is 4.35. The number of anilines is 1. The van der Waals surface area contributed by atoms with Crippen molar-refractivity contribution in [3.05, 3.63) is 29.8 Å². The summed E-state index contributed by atoms with van der Waals surface area (Å²) in [5, 5.41) is 17.9. The monoisotopic (exact) mass is 249 g/mol. The number of carbonyl (C=O) groups excluding carboxylic acids is 1. The molecule has 1 aliphatic heterocycles. The van der Waals surface area contributed by atoms with Gasteiger partial charge in [-0.2, -0.15) is 0 Å². The first-order valence-corrected chi connectivity index (χ1v) is 5.85. The molecular formula is C13H15NO4. The molecule has 1 fully saturated rings. The first kappa shape index (κ1) is 12.6. The molecule has 0 aliphatic carbocycles. The van der Waals surface area contributed by atoms with Gasteiger partial charge in [0.2, 0.25) is 5.91 Å². The van der Waals surface area contributed by atoms with Crippen LogP contribution in [0.5, 0.6) is 0 Å². The van der Waals surface area contributed by atoms with E-state index in [0.717, 1.165) is 5.56 Å². The second-order valence-corrected chi connectivity index (χ2v) is 4.35. The summed E-state index contributed by atoms with van der Waals surface area (Å²) in [6.07, 6.45) is 0.500. The van der Waals surface area contributed by atoms with Gasteiger partial charge in [0.1, 0.15) is 0 Å². The van der Waals surface area contributed by atoms with E-state index >= 15 is 0 Å². The van der Waals surface area contributed by atoms with Gasteiger partial charge in [0.15, 0.2) is 0 Å². The number of nitrogens with zero attached hydrogens (tertiary/aromatic N) is 1. The van der Waals surface area contributed by atoms with Gasteiger partial charge >= 0.3 is 5.97 Å². The molecule has 0 saturated carbocycles. The summed E-state index contributed by atoms with van der Waals surface area (Å²) in [5.41, 5.74) is 1.57. The number of aliphatic hydroxyl groups is 1. The zero-order valence-electron chi connectivity index (χ0n) is 9.87. The fourth-order valence-electron chi connectivity index (χ4n) is 2.21. The summed E-state index contributed by atoms with van der Waals surface area (Å²) >= 11 is 0. The summed E-state index contributed by atoms with van der Waals surface area (Å²) in [7, 11) is 0. The highest BCUT2D eigenvalue weighted by Gasteiger charge is 2.35. The van der Waals surface area contributed by atoms with Crippen LogP contribution in [0.4, 0.5) is 5.69 Å². The Morgan fingerprint density at radius 2 is 2.11 bits per heavy atom. The molecule has 96 valence electrons. The Balaban J connectivity index is 2.26. The largest absolute Gasteiger partial charge is 0.481 e. The predicted octanol–water partition coefficient (Wildman–Crippen LogP) is 0.659. The van der Waals surface area contributed by atoms with Crippen LogP contribution in [0.15, 0.2) is 24.3 Å². The van der Waals surface area contributed by atoms with E-state index in [0.29, 0.717) is 12.1 Å². The number of carboxylic acid groups (broad SMARTS) is 1. The molecule has 5 nitrogen and oxygen atoms in total. The quantitative estimate of drug-likeness (QED) is 0.821. The van der Waals surface area contributed by atoms with Crippen molar-refractivity contribution in [3.8, 4) is 0 Å². The van der Waals surface area contributed by atoms with Crippen molar-refractivity contribution >= 4 is 17.6 Å². The van der Waals surface area contributed by atoms with E-state index in [-0.39, 0.29) is 25.5 Å². The van der Waals surface area contributed by atoms with E-state index < -0.39 is 11.9 Å². The number of para-hydroxylation sites is 1. The Hall–Kier alpha value is -1.88. The molecule has 1 aliphatic rings. The van der Waals surface area contributed by atoms with Gasteiger partial charge in [0, 0.05) is 25.3 Å². The van der Waals surface area contributed by atoms with Crippen molar-refractivity contribution in [1.29, 1.82) is 0 Å². The molecule has 0 radical (unpaired) electrons. The molecule has 1 amide bonds. The van der Waals surface area contributed by atoms with Gasteiger partial charge < -0.3 is 15.1 Å².